The third-order valence-corrected chi connectivity index (χ3v) is 2.44. The monoisotopic (exact) mass is 585 g/mol. The van der Waals surface area contributed by atoms with Gasteiger partial charge in [-0.1, -0.05) is 0 Å². The first-order valence-corrected chi connectivity index (χ1v) is 10.4. The van der Waals surface area contributed by atoms with E-state index in [2.05, 4.69) is 59.8 Å². The van der Waals surface area contributed by atoms with Crippen molar-refractivity contribution in [2.45, 2.75) is 13.8 Å². The number of aliphatic carboxylic acids is 2. The third-order valence-electron chi connectivity index (χ3n) is 2.44. The van der Waals surface area contributed by atoms with E-state index in [1.165, 1.54) is 0 Å². The Kier molecular flexibility index (Phi) is 34.2. The van der Waals surface area contributed by atoms with Crippen LogP contribution in [0.25, 0.3) is 0 Å². The summed E-state index contributed by atoms with van der Waals surface area (Å²) in [4.78, 5) is 56.3. The van der Waals surface area contributed by atoms with E-state index in [4.69, 9.17) is 19.8 Å². The van der Waals surface area contributed by atoms with Gasteiger partial charge in [-0.05, 0) is 13.8 Å². The molecule has 0 aliphatic rings. The van der Waals surface area contributed by atoms with E-state index >= 15 is 0 Å². The number of hydrogen-bond acceptors (Lipinski definition) is 10. The zero-order valence-corrected chi connectivity index (χ0v) is 22.1. The summed E-state index contributed by atoms with van der Waals surface area (Å²) in [7, 11) is 0. The molecule has 39 heavy (non-hydrogen) atoms. The van der Waals surface area contributed by atoms with E-state index < -0.39 is 11.9 Å². The van der Waals surface area contributed by atoms with Crippen LogP contribution in [-0.4, -0.2) is 71.7 Å². The smallest absolute Gasteiger partial charge is 0.550 e. The van der Waals surface area contributed by atoms with E-state index in [0.717, 1.165) is 13.8 Å². The number of nitrogens with zero attached hydrogens (tertiary/aromatic N) is 6. The molecule has 0 saturated heterocycles. The summed E-state index contributed by atoms with van der Waals surface area (Å²) in [6.07, 6.45) is 30.5. The van der Waals surface area contributed by atoms with Gasteiger partial charge in [-0.25, -0.2) is 29.9 Å². The van der Waals surface area contributed by atoms with Gasteiger partial charge in [0, 0.05) is 86.3 Å². The summed E-state index contributed by atoms with van der Waals surface area (Å²) in [6.45, 7) is 1.94. The van der Waals surface area contributed by atoms with E-state index in [1.807, 2.05) is 0 Å². The number of rotatable bonds is 0. The predicted octanol–water partition coefficient (Wildman–Crippen LogP) is -0.0319. The van der Waals surface area contributed by atoms with Crippen molar-refractivity contribution in [3.05, 3.63) is 112 Å². The van der Waals surface area contributed by atoms with Crippen LogP contribution < -0.4 is 10.2 Å². The van der Waals surface area contributed by atoms with Crippen molar-refractivity contribution < 1.29 is 36.6 Å². The number of nitrogens with one attached hydrogen (secondary N) is 6. The maximum Gasteiger partial charge on any atom is 2.00 e. The van der Waals surface area contributed by atoms with Gasteiger partial charge in [0.25, 0.3) is 0 Å². The molecule has 0 aromatic carbocycles. The van der Waals surface area contributed by atoms with Crippen molar-refractivity contribution in [3.8, 4) is 0 Å². The Morgan fingerprint density at radius 2 is 0.564 bits per heavy atom. The topological polar surface area (TPSA) is 252 Å². The van der Waals surface area contributed by atoms with Crippen LogP contribution in [-0.2, 0) is 26.4 Å². The van der Waals surface area contributed by atoms with Gasteiger partial charge in [0.1, 0.15) is 0 Å². The molecule has 6 aromatic heterocycles. The predicted molar refractivity (Wildman–Crippen MR) is 133 cm³/mol. The van der Waals surface area contributed by atoms with E-state index in [9.17, 15) is 0 Å². The molecule has 0 bridgehead atoms. The summed E-state index contributed by atoms with van der Waals surface area (Å²) >= 11 is 0. The molecule has 211 valence electrons. The molecule has 6 aromatic rings. The molecule has 0 saturated carbocycles. The van der Waals surface area contributed by atoms with Crippen LogP contribution in [0.1, 0.15) is 13.8 Å². The Hall–Kier alpha value is -5.29. The second kappa shape index (κ2) is 34.9. The number of carbonyl (C=O) groups excluding carboxylic acids is 2. The molecule has 6 heterocycles. The minimum absolute atomic E-state index is 0. The summed E-state index contributed by atoms with van der Waals surface area (Å²) < 4.78 is 0. The molecule has 6 N–H and O–H groups in total. The fourth-order valence-corrected chi connectivity index (χ4v) is 1.29. The fourth-order valence-electron chi connectivity index (χ4n) is 1.29. The molecule has 6 rings (SSSR count). The first-order chi connectivity index (χ1) is 18.5. The number of H-pyrrole nitrogens is 6. The van der Waals surface area contributed by atoms with Crippen molar-refractivity contribution in [2.75, 3.05) is 0 Å². The number of imidazole rings is 6. The molecule has 1 radical (unpaired) electrons. The molecule has 0 aliphatic heterocycles. The van der Waals surface area contributed by atoms with Crippen LogP contribution in [0.2, 0.25) is 0 Å². The van der Waals surface area contributed by atoms with Gasteiger partial charge in [-0.2, -0.15) is 0 Å². The molecule has 0 fully saturated rings. The summed E-state index contributed by atoms with van der Waals surface area (Å²) in [5, 5.41) is 17.8. The first kappa shape index (κ1) is 38.2. The van der Waals surface area contributed by atoms with Crippen LogP contribution in [0.5, 0.6) is 0 Å². The number of carbonyl (C=O) groups is 2. The molecular formula is C22H30CoN12O4. The van der Waals surface area contributed by atoms with E-state index in [0.29, 0.717) is 0 Å². The Labute approximate surface area is 234 Å². The molecule has 0 spiro atoms. The zero-order chi connectivity index (χ0) is 28.4. The SMILES string of the molecule is CC(=O)[O-].CC(=O)[O-].[Co+2].c1c[nH]cn1.c1c[nH]cn1.c1c[nH]cn1.c1c[nH]cn1.c1c[nH]cn1.c1c[nH]cn1. The average molecular weight is 585 g/mol. The van der Waals surface area contributed by atoms with Crippen LogP contribution in [0, 0.1) is 0 Å². The molecule has 0 atom stereocenters. The standard InChI is InChI=1S/6C3H4N2.2C2H4O2.Co/c6*1-2-5-3-4-1;2*1-2(3)4;/h6*1-3H,(H,4,5);2*1H3,(H,3,4);/q;;;;;;;;+2/p-2. The third kappa shape index (κ3) is 50.5. The van der Waals surface area contributed by atoms with Gasteiger partial charge in [0.05, 0.1) is 38.0 Å². The van der Waals surface area contributed by atoms with E-state index in [-0.39, 0.29) is 16.8 Å². The molecule has 16 nitrogen and oxygen atoms in total. The summed E-state index contributed by atoms with van der Waals surface area (Å²) in [5.74, 6) is -2.17. The van der Waals surface area contributed by atoms with Crippen molar-refractivity contribution in [3.63, 3.8) is 0 Å². The van der Waals surface area contributed by atoms with Gasteiger partial charge in [-0.15, -0.1) is 0 Å². The van der Waals surface area contributed by atoms with E-state index in [1.54, 1.807) is 112 Å². The second-order valence-electron chi connectivity index (χ2n) is 5.55. The van der Waals surface area contributed by atoms with Gasteiger partial charge >= 0.3 is 16.8 Å². The summed E-state index contributed by atoms with van der Waals surface area (Å²) in [6, 6.07) is 0. The van der Waals surface area contributed by atoms with Gasteiger partial charge in [-0.3, -0.25) is 0 Å². The Bertz CT molecular complexity index is 760. The maximum absolute atomic E-state index is 8.89. The van der Waals surface area contributed by atoms with Gasteiger partial charge in [0.2, 0.25) is 0 Å². The average Bonchev–Trinajstić information content (AvgIpc) is 3.82. The van der Waals surface area contributed by atoms with Crippen molar-refractivity contribution in [2.24, 2.45) is 0 Å². The zero-order valence-electron chi connectivity index (χ0n) is 21.0. The Morgan fingerprint density at radius 1 is 0.436 bits per heavy atom. The van der Waals surface area contributed by atoms with Crippen molar-refractivity contribution in [1.82, 2.24) is 59.8 Å². The molecule has 0 aliphatic carbocycles. The van der Waals surface area contributed by atoms with Gasteiger partial charge in [0.15, 0.2) is 0 Å². The minimum Gasteiger partial charge on any atom is -0.550 e. The number of aromatic nitrogens is 12. The van der Waals surface area contributed by atoms with Crippen LogP contribution in [0.3, 0.4) is 0 Å². The van der Waals surface area contributed by atoms with Gasteiger partial charge < -0.3 is 49.7 Å². The number of aromatic amines is 6. The van der Waals surface area contributed by atoms with Crippen molar-refractivity contribution >= 4 is 11.9 Å². The quantitative estimate of drug-likeness (QED) is 0.139. The number of carboxylic acid groups (broad SMARTS) is 2. The van der Waals surface area contributed by atoms with Crippen LogP contribution in [0.15, 0.2) is 112 Å². The van der Waals surface area contributed by atoms with Crippen LogP contribution in [0.4, 0.5) is 0 Å². The molecular weight excluding hydrogens is 555 g/mol. The molecule has 0 unspecified atom stereocenters. The Balaban J connectivity index is -0.000000379. The number of carboxylic acids is 2. The van der Waals surface area contributed by atoms with Crippen LogP contribution >= 0.6 is 0 Å². The summed E-state index contributed by atoms with van der Waals surface area (Å²) in [5.41, 5.74) is 0. The largest absolute Gasteiger partial charge is 2.00 e. The first-order valence-electron chi connectivity index (χ1n) is 10.4. The molecule has 0 amide bonds. The number of hydrogen-bond donors (Lipinski definition) is 6. The fraction of sp³-hybridized carbons (Fsp3) is 0.0909. The second-order valence-corrected chi connectivity index (χ2v) is 5.55. The Morgan fingerprint density at radius 3 is 0.590 bits per heavy atom. The van der Waals surface area contributed by atoms with Crippen molar-refractivity contribution in [1.29, 1.82) is 0 Å². The normalized spacial score (nSPS) is 7.44. The maximum atomic E-state index is 8.89. The molecule has 17 heteroatoms. The minimum atomic E-state index is -1.08.